The maximum atomic E-state index is 11.3. The van der Waals surface area contributed by atoms with E-state index in [1.54, 1.807) is 6.92 Å². The van der Waals surface area contributed by atoms with E-state index in [4.69, 9.17) is 9.47 Å². The van der Waals surface area contributed by atoms with Crippen molar-refractivity contribution in [3.8, 4) is 0 Å². The molecule has 0 aromatic rings. The number of likely N-dealkylation sites (N-methyl/N-ethyl adjacent to an activating group) is 1. The largest absolute Gasteiger partial charge is 0.355 e. The number of unbranched alkanes of at least 4 members (excludes halogenated alkanes) is 7. The molecule has 0 spiro atoms. The maximum absolute atomic E-state index is 11.3. The average Bonchev–Trinajstić information content (AvgIpc) is 2.59. The van der Waals surface area contributed by atoms with Crippen LogP contribution in [0.1, 0.15) is 78.1 Å². The standard InChI is InChI=1S/C21H41NO3/c1-5-6-7-8-9-10-11-12-15-22(4)16-18-25-19-24-17-13-14-21(23)20(2)3/h2,5-19H2,1,3-4H3. The van der Waals surface area contributed by atoms with Crippen molar-refractivity contribution in [2.24, 2.45) is 0 Å². The summed E-state index contributed by atoms with van der Waals surface area (Å²) in [6, 6.07) is 0. The zero-order chi connectivity index (χ0) is 18.8. The Morgan fingerprint density at radius 2 is 1.48 bits per heavy atom. The molecule has 0 heterocycles. The fourth-order valence-electron chi connectivity index (χ4n) is 2.57. The molecule has 0 bridgehead atoms. The summed E-state index contributed by atoms with van der Waals surface area (Å²) in [6.07, 6.45) is 12.1. The number of carbonyl (C=O) groups excluding carboxylic acids is 1. The van der Waals surface area contributed by atoms with Gasteiger partial charge in [-0.05, 0) is 38.9 Å². The second kappa shape index (κ2) is 18.1. The third-order valence-electron chi connectivity index (χ3n) is 4.35. The van der Waals surface area contributed by atoms with E-state index in [2.05, 4.69) is 25.5 Å². The second-order valence-corrected chi connectivity index (χ2v) is 7.02. The van der Waals surface area contributed by atoms with E-state index in [1.807, 2.05) is 0 Å². The highest BCUT2D eigenvalue weighted by molar-refractivity contribution is 5.93. The number of nitrogens with zero attached hydrogens (tertiary/aromatic N) is 1. The summed E-state index contributed by atoms with van der Waals surface area (Å²) < 4.78 is 10.9. The van der Waals surface area contributed by atoms with Gasteiger partial charge in [0.2, 0.25) is 0 Å². The minimum absolute atomic E-state index is 0.118. The van der Waals surface area contributed by atoms with Crippen molar-refractivity contribution in [3.63, 3.8) is 0 Å². The van der Waals surface area contributed by atoms with Crippen molar-refractivity contribution >= 4 is 5.78 Å². The van der Waals surface area contributed by atoms with Crippen LogP contribution in [0.5, 0.6) is 0 Å². The highest BCUT2D eigenvalue weighted by Crippen LogP contribution is 2.08. The molecular weight excluding hydrogens is 314 g/mol. The molecule has 0 aliphatic heterocycles. The molecule has 0 rings (SSSR count). The minimum atomic E-state index is 0.118. The molecule has 0 atom stereocenters. The van der Waals surface area contributed by atoms with Crippen molar-refractivity contribution in [2.45, 2.75) is 78.1 Å². The third kappa shape index (κ3) is 17.9. The molecule has 25 heavy (non-hydrogen) atoms. The van der Waals surface area contributed by atoms with Crippen LogP contribution in [0.15, 0.2) is 12.2 Å². The summed E-state index contributed by atoms with van der Waals surface area (Å²) in [5.74, 6) is 0.118. The first kappa shape index (κ1) is 24.3. The molecule has 0 N–H and O–H groups in total. The van der Waals surface area contributed by atoms with Gasteiger partial charge in [-0.15, -0.1) is 0 Å². The molecular formula is C21H41NO3. The first-order valence-electron chi connectivity index (χ1n) is 10.1. The Morgan fingerprint density at radius 3 is 2.12 bits per heavy atom. The van der Waals surface area contributed by atoms with Gasteiger partial charge in [-0.3, -0.25) is 4.79 Å². The van der Waals surface area contributed by atoms with Gasteiger partial charge in [0.05, 0.1) is 6.61 Å². The van der Waals surface area contributed by atoms with Crippen LogP contribution in [-0.2, 0) is 14.3 Å². The normalized spacial score (nSPS) is 11.2. The number of Topliss-reactive ketones (excluding diaryl/α,β-unsaturated/α-hetero) is 1. The lowest BCUT2D eigenvalue weighted by atomic mass is 10.1. The lowest BCUT2D eigenvalue weighted by Gasteiger charge is -2.16. The van der Waals surface area contributed by atoms with Crippen molar-refractivity contribution in [3.05, 3.63) is 12.2 Å². The van der Waals surface area contributed by atoms with Gasteiger partial charge in [0.25, 0.3) is 0 Å². The van der Waals surface area contributed by atoms with E-state index < -0.39 is 0 Å². The summed E-state index contributed by atoms with van der Waals surface area (Å²) >= 11 is 0. The predicted octanol–water partition coefficient (Wildman–Crippen LogP) is 4.98. The number of rotatable bonds is 19. The average molecular weight is 356 g/mol. The number of hydrogen-bond acceptors (Lipinski definition) is 4. The fourth-order valence-corrected chi connectivity index (χ4v) is 2.57. The molecule has 0 radical (unpaired) electrons. The number of ketones is 1. The molecule has 0 aliphatic rings. The molecule has 0 aromatic carbocycles. The highest BCUT2D eigenvalue weighted by atomic mass is 16.7. The Hall–Kier alpha value is -0.710. The fraction of sp³-hybridized carbons (Fsp3) is 0.857. The van der Waals surface area contributed by atoms with Crippen LogP contribution in [0.2, 0.25) is 0 Å². The van der Waals surface area contributed by atoms with Gasteiger partial charge in [0.1, 0.15) is 6.79 Å². The lowest BCUT2D eigenvalue weighted by molar-refractivity contribution is -0.116. The van der Waals surface area contributed by atoms with Crippen LogP contribution in [0.3, 0.4) is 0 Å². The highest BCUT2D eigenvalue weighted by Gasteiger charge is 2.02. The molecule has 0 amide bonds. The van der Waals surface area contributed by atoms with Crippen LogP contribution >= 0.6 is 0 Å². The van der Waals surface area contributed by atoms with E-state index in [0.29, 0.717) is 32.0 Å². The van der Waals surface area contributed by atoms with Crippen molar-refractivity contribution in [1.82, 2.24) is 4.90 Å². The van der Waals surface area contributed by atoms with E-state index in [9.17, 15) is 4.79 Å². The van der Waals surface area contributed by atoms with Gasteiger partial charge in [-0.2, -0.15) is 0 Å². The van der Waals surface area contributed by atoms with Crippen LogP contribution in [0.25, 0.3) is 0 Å². The molecule has 0 aromatic heterocycles. The zero-order valence-electron chi connectivity index (χ0n) is 17.0. The predicted molar refractivity (Wildman–Crippen MR) is 106 cm³/mol. The Labute approximate surface area is 155 Å². The molecule has 0 saturated carbocycles. The zero-order valence-corrected chi connectivity index (χ0v) is 17.0. The molecule has 0 aliphatic carbocycles. The van der Waals surface area contributed by atoms with E-state index >= 15 is 0 Å². The quantitative estimate of drug-likeness (QED) is 0.186. The Balaban J connectivity index is 3.24. The van der Waals surface area contributed by atoms with Crippen LogP contribution in [0, 0.1) is 0 Å². The van der Waals surface area contributed by atoms with Crippen LogP contribution in [-0.4, -0.2) is 50.8 Å². The van der Waals surface area contributed by atoms with E-state index in [-0.39, 0.29) is 5.78 Å². The van der Waals surface area contributed by atoms with Crippen molar-refractivity contribution < 1.29 is 14.3 Å². The van der Waals surface area contributed by atoms with Gasteiger partial charge >= 0.3 is 0 Å². The Kier molecular flexibility index (Phi) is 17.6. The summed E-state index contributed by atoms with van der Waals surface area (Å²) in [6.45, 7) is 11.3. The summed E-state index contributed by atoms with van der Waals surface area (Å²) in [4.78, 5) is 13.7. The van der Waals surface area contributed by atoms with Gasteiger partial charge in [0, 0.05) is 19.6 Å². The van der Waals surface area contributed by atoms with Gasteiger partial charge in [0.15, 0.2) is 5.78 Å². The smallest absolute Gasteiger partial charge is 0.158 e. The van der Waals surface area contributed by atoms with Crippen molar-refractivity contribution in [2.75, 3.05) is 40.1 Å². The summed E-state index contributed by atoms with van der Waals surface area (Å²) in [5.41, 5.74) is 0.621. The molecule has 148 valence electrons. The lowest BCUT2D eigenvalue weighted by Crippen LogP contribution is -2.24. The molecule has 4 nitrogen and oxygen atoms in total. The summed E-state index contributed by atoms with van der Waals surface area (Å²) in [5, 5.41) is 0. The van der Waals surface area contributed by atoms with Crippen molar-refractivity contribution in [1.29, 1.82) is 0 Å². The maximum Gasteiger partial charge on any atom is 0.158 e. The van der Waals surface area contributed by atoms with Gasteiger partial charge in [-0.1, -0.05) is 58.4 Å². The van der Waals surface area contributed by atoms with Crippen LogP contribution in [0.4, 0.5) is 0 Å². The number of hydrogen-bond donors (Lipinski definition) is 0. The molecule has 0 unspecified atom stereocenters. The first-order chi connectivity index (χ1) is 12.1. The van der Waals surface area contributed by atoms with Gasteiger partial charge < -0.3 is 14.4 Å². The minimum Gasteiger partial charge on any atom is -0.355 e. The molecule has 4 heteroatoms. The third-order valence-corrected chi connectivity index (χ3v) is 4.35. The first-order valence-corrected chi connectivity index (χ1v) is 10.1. The van der Waals surface area contributed by atoms with Crippen LogP contribution < -0.4 is 0 Å². The Bertz CT molecular complexity index is 331. The van der Waals surface area contributed by atoms with E-state index in [0.717, 1.165) is 19.5 Å². The molecule has 0 saturated heterocycles. The second-order valence-electron chi connectivity index (χ2n) is 7.02. The number of allylic oxidation sites excluding steroid dienone is 1. The molecule has 0 fully saturated rings. The number of carbonyl (C=O) groups is 1. The Morgan fingerprint density at radius 1 is 0.880 bits per heavy atom. The topological polar surface area (TPSA) is 38.8 Å². The monoisotopic (exact) mass is 355 g/mol. The SMILES string of the molecule is C=C(C)C(=O)CCCOCOCCN(C)CCCCCCCCCC. The van der Waals surface area contributed by atoms with Gasteiger partial charge in [-0.25, -0.2) is 0 Å². The van der Waals surface area contributed by atoms with E-state index in [1.165, 1.54) is 51.4 Å². The number of ether oxygens (including phenoxy) is 2. The summed E-state index contributed by atoms with van der Waals surface area (Å²) in [7, 11) is 2.15.